The number of nitro groups is 1. The predicted molar refractivity (Wildman–Crippen MR) is 109 cm³/mol. The summed E-state index contributed by atoms with van der Waals surface area (Å²) < 4.78 is 66.5. The Labute approximate surface area is 189 Å². The number of carbonyl (C=O) groups excluding carboxylic acids is 2. The fourth-order valence-electron chi connectivity index (χ4n) is 3.57. The van der Waals surface area contributed by atoms with Crippen LogP contribution in [0.25, 0.3) is 0 Å². The Morgan fingerprint density at radius 2 is 1.76 bits per heavy atom. The van der Waals surface area contributed by atoms with Gasteiger partial charge in [-0.15, -0.1) is 0 Å². The summed E-state index contributed by atoms with van der Waals surface area (Å²) in [6.45, 7) is 0.230. The van der Waals surface area contributed by atoms with Crippen LogP contribution in [0.5, 0.6) is 0 Å². The molecule has 0 saturated carbocycles. The second-order valence-corrected chi connectivity index (χ2v) is 7.73. The Morgan fingerprint density at radius 3 is 2.35 bits per heavy atom. The van der Waals surface area contributed by atoms with Gasteiger partial charge in [0, 0.05) is 35.9 Å². The number of piperidine rings is 1. The maximum atomic E-state index is 13.9. The van der Waals surface area contributed by atoms with E-state index in [-0.39, 0.29) is 38.0 Å². The number of halogens is 5. The maximum Gasteiger partial charge on any atom is 0.416 e. The Bertz CT molecular complexity index is 1120. The largest absolute Gasteiger partial charge is 0.416 e. The number of non-ortho nitro benzene ring substituents is 1. The van der Waals surface area contributed by atoms with Gasteiger partial charge >= 0.3 is 6.18 Å². The summed E-state index contributed by atoms with van der Waals surface area (Å²) in [6.07, 6.45) is -4.83. The quantitative estimate of drug-likeness (QED) is 0.330. The number of hydrogen-bond donors (Lipinski definition) is 3. The van der Waals surface area contributed by atoms with Gasteiger partial charge in [0.05, 0.1) is 10.5 Å². The molecule has 0 radical (unpaired) electrons. The smallest absolute Gasteiger partial charge is 0.350 e. The lowest BCUT2D eigenvalue weighted by Crippen LogP contribution is -2.62. The molecule has 0 aromatic heterocycles. The molecule has 0 atom stereocenters. The van der Waals surface area contributed by atoms with Crippen LogP contribution in [0.1, 0.15) is 34.3 Å². The van der Waals surface area contributed by atoms with Crippen LogP contribution in [0.15, 0.2) is 36.4 Å². The molecule has 0 unspecified atom stereocenters. The van der Waals surface area contributed by atoms with Crippen LogP contribution in [-0.2, 0) is 17.5 Å². The second kappa shape index (κ2) is 9.71. The summed E-state index contributed by atoms with van der Waals surface area (Å²) in [5, 5.41) is 18.9. The lowest BCUT2D eigenvalue weighted by atomic mass is 9.86. The molecule has 3 rings (SSSR count). The Hall–Kier alpha value is -3.61. The molecule has 3 N–H and O–H groups in total. The summed E-state index contributed by atoms with van der Waals surface area (Å²) in [7, 11) is 0. The molecular formula is C21H19F5N4O4. The van der Waals surface area contributed by atoms with Crippen molar-refractivity contribution in [3.63, 3.8) is 0 Å². The normalized spacial score (nSPS) is 15.4. The first-order valence-corrected chi connectivity index (χ1v) is 10.0. The Morgan fingerprint density at radius 1 is 1.09 bits per heavy atom. The molecule has 2 aromatic rings. The lowest BCUT2D eigenvalue weighted by molar-refractivity contribution is -0.385. The van der Waals surface area contributed by atoms with E-state index in [0.717, 1.165) is 12.1 Å². The third-order valence-electron chi connectivity index (χ3n) is 5.42. The van der Waals surface area contributed by atoms with Crippen LogP contribution in [-0.4, -0.2) is 35.4 Å². The second-order valence-electron chi connectivity index (χ2n) is 7.73. The molecule has 1 aliphatic heterocycles. The van der Waals surface area contributed by atoms with Crippen molar-refractivity contribution in [2.45, 2.75) is 31.1 Å². The van der Waals surface area contributed by atoms with Gasteiger partial charge in [0.15, 0.2) is 0 Å². The molecule has 13 heteroatoms. The van der Waals surface area contributed by atoms with Crippen LogP contribution in [0.3, 0.4) is 0 Å². The Balaban J connectivity index is 1.85. The number of rotatable bonds is 6. The van der Waals surface area contributed by atoms with Crippen molar-refractivity contribution in [2.24, 2.45) is 0 Å². The molecular weight excluding hydrogens is 467 g/mol. The molecule has 1 aliphatic rings. The monoisotopic (exact) mass is 486 g/mol. The van der Waals surface area contributed by atoms with Gasteiger partial charge in [0.25, 0.3) is 11.6 Å². The summed E-state index contributed by atoms with van der Waals surface area (Å²) >= 11 is 0. The average Bonchev–Trinajstić information content (AvgIpc) is 2.78. The van der Waals surface area contributed by atoms with Crippen molar-refractivity contribution >= 4 is 17.5 Å². The molecule has 34 heavy (non-hydrogen) atoms. The topological polar surface area (TPSA) is 113 Å². The first-order chi connectivity index (χ1) is 15.9. The number of hydrogen-bond acceptors (Lipinski definition) is 5. The van der Waals surface area contributed by atoms with Gasteiger partial charge in [-0.25, -0.2) is 8.78 Å². The fourth-order valence-corrected chi connectivity index (χ4v) is 3.57. The number of benzene rings is 2. The van der Waals surface area contributed by atoms with Gasteiger partial charge in [-0.05, 0) is 38.1 Å². The van der Waals surface area contributed by atoms with E-state index in [4.69, 9.17) is 0 Å². The lowest BCUT2D eigenvalue weighted by Gasteiger charge is -2.37. The standard InChI is InChI=1S/C21H19F5N4O4/c22-15-2-1-12(17(23)10-15)11-28-19(32)20(3-5-27-6-4-20)29-18(31)13-7-14(21(24,25)26)9-16(8-13)30(33)34/h1-2,7-10,27H,3-6,11H2,(H,28,32)(H,29,31). The number of nitrogens with zero attached hydrogens (tertiary/aromatic N) is 1. The zero-order chi connectivity index (χ0) is 25.1. The fraction of sp³-hybridized carbons (Fsp3) is 0.333. The zero-order valence-corrected chi connectivity index (χ0v) is 17.5. The van der Waals surface area contributed by atoms with E-state index in [2.05, 4.69) is 16.0 Å². The number of alkyl halides is 3. The third-order valence-corrected chi connectivity index (χ3v) is 5.42. The number of amides is 2. The third kappa shape index (κ3) is 5.65. The summed E-state index contributed by atoms with van der Waals surface area (Å²) in [6, 6.07) is 4.24. The molecule has 0 spiro atoms. The zero-order valence-electron chi connectivity index (χ0n) is 17.5. The SMILES string of the molecule is O=C(NC1(C(=O)NCc2ccc(F)cc2F)CCNCC1)c1cc([N+](=O)[O-])cc(C(F)(F)F)c1. The maximum absolute atomic E-state index is 13.9. The molecule has 2 amide bonds. The van der Waals surface area contributed by atoms with Crippen molar-refractivity contribution in [3.05, 3.63) is 74.8 Å². The van der Waals surface area contributed by atoms with Gasteiger partial charge in [-0.2, -0.15) is 13.2 Å². The minimum atomic E-state index is -4.94. The average molecular weight is 486 g/mol. The first kappa shape index (κ1) is 25.0. The highest BCUT2D eigenvalue weighted by atomic mass is 19.4. The van der Waals surface area contributed by atoms with Crippen molar-refractivity contribution in [2.75, 3.05) is 13.1 Å². The number of carbonyl (C=O) groups is 2. The number of nitro benzene ring substituents is 1. The van der Waals surface area contributed by atoms with E-state index in [1.54, 1.807) is 0 Å². The molecule has 0 bridgehead atoms. The van der Waals surface area contributed by atoms with Gasteiger partial charge in [-0.3, -0.25) is 19.7 Å². The highest BCUT2D eigenvalue weighted by molar-refractivity contribution is 6.00. The van der Waals surface area contributed by atoms with E-state index in [9.17, 15) is 41.7 Å². The van der Waals surface area contributed by atoms with Crippen LogP contribution >= 0.6 is 0 Å². The van der Waals surface area contributed by atoms with E-state index in [0.29, 0.717) is 24.3 Å². The van der Waals surface area contributed by atoms with Gasteiger partial charge in [0.1, 0.15) is 17.2 Å². The van der Waals surface area contributed by atoms with E-state index >= 15 is 0 Å². The van der Waals surface area contributed by atoms with Gasteiger partial charge < -0.3 is 16.0 Å². The highest BCUT2D eigenvalue weighted by Crippen LogP contribution is 2.33. The minimum Gasteiger partial charge on any atom is -0.350 e. The van der Waals surface area contributed by atoms with Gasteiger partial charge in [0.2, 0.25) is 5.91 Å². The van der Waals surface area contributed by atoms with E-state index in [1.807, 2.05) is 0 Å². The highest BCUT2D eigenvalue weighted by Gasteiger charge is 2.42. The predicted octanol–water partition coefficient (Wildman–Crippen LogP) is 3.06. The van der Waals surface area contributed by atoms with Crippen LogP contribution < -0.4 is 16.0 Å². The van der Waals surface area contributed by atoms with Crippen LogP contribution in [0.2, 0.25) is 0 Å². The molecule has 1 heterocycles. The molecule has 1 fully saturated rings. The van der Waals surface area contributed by atoms with Crippen molar-refractivity contribution in [1.29, 1.82) is 0 Å². The molecule has 0 aliphatic carbocycles. The van der Waals surface area contributed by atoms with Crippen molar-refractivity contribution in [3.8, 4) is 0 Å². The van der Waals surface area contributed by atoms with Crippen LogP contribution in [0, 0.1) is 21.7 Å². The molecule has 1 saturated heterocycles. The van der Waals surface area contributed by atoms with Crippen molar-refractivity contribution < 1.29 is 36.5 Å². The van der Waals surface area contributed by atoms with E-state index in [1.165, 1.54) is 0 Å². The molecule has 8 nitrogen and oxygen atoms in total. The minimum absolute atomic E-state index is 0.0151. The van der Waals surface area contributed by atoms with Crippen LogP contribution in [0.4, 0.5) is 27.6 Å². The molecule has 182 valence electrons. The van der Waals surface area contributed by atoms with Crippen molar-refractivity contribution in [1.82, 2.24) is 16.0 Å². The Kier molecular flexibility index (Phi) is 7.15. The molecule has 2 aromatic carbocycles. The van der Waals surface area contributed by atoms with E-state index < -0.39 is 56.9 Å². The summed E-state index contributed by atoms with van der Waals surface area (Å²) in [5.41, 5.74) is -4.55. The first-order valence-electron chi connectivity index (χ1n) is 10.0. The summed E-state index contributed by atoms with van der Waals surface area (Å²) in [5.74, 6) is -3.53. The summed E-state index contributed by atoms with van der Waals surface area (Å²) in [4.78, 5) is 35.8. The number of nitrogens with one attached hydrogen (secondary N) is 3. The van der Waals surface area contributed by atoms with Gasteiger partial charge in [-0.1, -0.05) is 6.07 Å².